The molecule has 8 heteroatoms. The highest BCUT2D eigenvalue weighted by atomic mass is 35.5. The molecule has 1 heterocycles. The van der Waals surface area contributed by atoms with Gasteiger partial charge < -0.3 is 4.42 Å². The third-order valence-corrected chi connectivity index (χ3v) is 5.05. The predicted octanol–water partition coefficient (Wildman–Crippen LogP) is 5.58. The summed E-state index contributed by atoms with van der Waals surface area (Å²) in [5.74, 6) is -0.694. The molecule has 7 nitrogen and oxygen atoms in total. The van der Waals surface area contributed by atoms with Gasteiger partial charge in [0, 0.05) is 22.7 Å². The van der Waals surface area contributed by atoms with Gasteiger partial charge in [-0.2, -0.15) is 0 Å². The number of benzene rings is 3. The van der Waals surface area contributed by atoms with Gasteiger partial charge in [-0.15, -0.1) is 0 Å². The molecule has 154 valence electrons. The van der Waals surface area contributed by atoms with Gasteiger partial charge in [-0.3, -0.25) is 25.0 Å². The van der Waals surface area contributed by atoms with Gasteiger partial charge in [0.2, 0.25) is 11.3 Å². The van der Waals surface area contributed by atoms with Crippen molar-refractivity contribution in [2.24, 2.45) is 0 Å². The Kier molecular flexibility index (Phi) is 5.27. The lowest BCUT2D eigenvalue weighted by atomic mass is 10.0. The maximum absolute atomic E-state index is 13.3. The number of rotatable bonds is 4. The molecule has 0 aliphatic carbocycles. The molecular formula is C23H15ClN2O5. The smallest absolute Gasteiger partial charge is 0.270 e. The lowest BCUT2D eigenvalue weighted by Crippen LogP contribution is -2.17. The summed E-state index contributed by atoms with van der Waals surface area (Å²) >= 11 is 5.97. The van der Waals surface area contributed by atoms with Crippen LogP contribution in [0, 0.1) is 17.0 Å². The molecule has 4 rings (SSSR count). The standard InChI is InChI=1S/C23H15ClN2O5/c1-13-4-2-7-18-20(27)19(14-8-10-16(24)11-9-14)23(31-21(13)18)25-22(28)15-5-3-6-17(12-15)26(29)30/h2-12H,1H3,(H,25,28). The van der Waals surface area contributed by atoms with Crippen LogP contribution in [0.1, 0.15) is 15.9 Å². The number of halogens is 1. The Bertz CT molecular complexity index is 1390. The number of hydrogen-bond donors (Lipinski definition) is 1. The van der Waals surface area contributed by atoms with Crippen LogP contribution in [0.15, 0.2) is 75.9 Å². The van der Waals surface area contributed by atoms with Crippen LogP contribution in [0.3, 0.4) is 0 Å². The van der Waals surface area contributed by atoms with Crippen LogP contribution in [0.5, 0.6) is 0 Å². The molecule has 0 aliphatic rings. The molecule has 3 aromatic carbocycles. The number of carbonyl (C=O) groups excluding carboxylic acids is 1. The average Bonchev–Trinajstić information content (AvgIpc) is 2.76. The number of aryl methyl sites for hydroxylation is 1. The number of para-hydroxylation sites is 1. The number of carbonyl (C=O) groups is 1. The summed E-state index contributed by atoms with van der Waals surface area (Å²) in [6.07, 6.45) is 0. The maximum Gasteiger partial charge on any atom is 0.270 e. The van der Waals surface area contributed by atoms with E-state index in [-0.39, 0.29) is 28.1 Å². The number of nitro groups is 1. The second kappa shape index (κ2) is 8.04. The third-order valence-electron chi connectivity index (χ3n) is 4.79. The number of nitro benzene ring substituents is 1. The molecule has 0 spiro atoms. The SMILES string of the molecule is Cc1cccc2c(=O)c(-c3ccc(Cl)cc3)c(NC(=O)c3cccc([N+](=O)[O-])c3)oc12. The first kappa shape index (κ1) is 20.3. The summed E-state index contributed by atoms with van der Waals surface area (Å²) in [6.45, 7) is 1.79. The molecule has 0 aliphatic heterocycles. The van der Waals surface area contributed by atoms with Crippen molar-refractivity contribution in [2.45, 2.75) is 6.92 Å². The Labute approximate surface area is 181 Å². The second-order valence-corrected chi connectivity index (χ2v) is 7.29. The van der Waals surface area contributed by atoms with Crippen molar-refractivity contribution in [3.05, 3.63) is 103 Å². The number of amides is 1. The summed E-state index contributed by atoms with van der Waals surface area (Å²) in [6, 6.07) is 17.0. The van der Waals surface area contributed by atoms with E-state index in [4.69, 9.17) is 16.0 Å². The number of anilines is 1. The van der Waals surface area contributed by atoms with Crippen LogP contribution in [-0.4, -0.2) is 10.8 Å². The fourth-order valence-electron chi connectivity index (χ4n) is 3.26. The van der Waals surface area contributed by atoms with Gasteiger partial charge in [0.1, 0.15) is 5.58 Å². The Morgan fingerprint density at radius 2 is 1.77 bits per heavy atom. The molecule has 1 aromatic heterocycles. The van der Waals surface area contributed by atoms with Crippen molar-refractivity contribution in [3.63, 3.8) is 0 Å². The van der Waals surface area contributed by atoms with E-state index in [0.717, 1.165) is 11.6 Å². The highest BCUT2D eigenvalue weighted by Crippen LogP contribution is 2.31. The second-order valence-electron chi connectivity index (χ2n) is 6.86. The molecule has 0 atom stereocenters. The van der Waals surface area contributed by atoms with Crippen LogP contribution in [0.25, 0.3) is 22.1 Å². The molecular weight excluding hydrogens is 420 g/mol. The van der Waals surface area contributed by atoms with Crippen molar-refractivity contribution < 1.29 is 14.1 Å². The molecule has 0 fully saturated rings. The zero-order valence-corrected chi connectivity index (χ0v) is 17.0. The number of nitrogens with one attached hydrogen (secondary N) is 1. The predicted molar refractivity (Wildman–Crippen MR) is 119 cm³/mol. The van der Waals surface area contributed by atoms with E-state index >= 15 is 0 Å². The van der Waals surface area contributed by atoms with E-state index in [2.05, 4.69) is 5.32 Å². The molecule has 1 N–H and O–H groups in total. The fourth-order valence-corrected chi connectivity index (χ4v) is 3.39. The number of fused-ring (bicyclic) bond motifs is 1. The van der Waals surface area contributed by atoms with E-state index in [1.165, 1.54) is 18.2 Å². The summed E-state index contributed by atoms with van der Waals surface area (Å²) < 4.78 is 5.96. The molecule has 0 saturated heterocycles. The van der Waals surface area contributed by atoms with Gasteiger partial charge >= 0.3 is 0 Å². The zero-order chi connectivity index (χ0) is 22.1. The van der Waals surface area contributed by atoms with Gasteiger partial charge in [0.15, 0.2) is 0 Å². The lowest BCUT2D eigenvalue weighted by molar-refractivity contribution is -0.384. The van der Waals surface area contributed by atoms with Crippen molar-refractivity contribution in [1.82, 2.24) is 0 Å². The largest absolute Gasteiger partial charge is 0.439 e. The summed E-state index contributed by atoms with van der Waals surface area (Å²) in [5.41, 5.74) is 1.26. The average molecular weight is 435 g/mol. The first-order valence-electron chi connectivity index (χ1n) is 9.23. The third kappa shape index (κ3) is 3.91. The normalized spacial score (nSPS) is 10.8. The molecule has 1 amide bonds. The molecule has 31 heavy (non-hydrogen) atoms. The fraction of sp³-hybridized carbons (Fsp3) is 0.0435. The van der Waals surface area contributed by atoms with E-state index < -0.39 is 10.8 Å². The van der Waals surface area contributed by atoms with Crippen LogP contribution in [0.4, 0.5) is 11.6 Å². The summed E-state index contributed by atoms with van der Waals surface area (Å²) in [4.78, 5) is 36.6. The van der Waals surface area contributed by atoms with Crippen LogP contribution in [0.2, 0.25) is 5.02 Å². The van der Waals surface area contributed by atoms with E-state index in [9.17, 15) is 19.7 Å². The minimum atomic E-state index is -0.644. The van der Waals surface area contributed by atoms with Crippen LogP contribution < -0.4 is 10.7 Å². The van der Waals surface area contributed by atoms with Crippen molar-refractivity contribution >= 4 is 40.0 Å². The van der Waals surface area contributed by atoms with Gasteiger partial charge in [-0.25, -0.2) is 0 Å². The van der Waals surface area contributed by atoms with Crippen molar-refractivity contribution in [3.8, 4) is 11.1 Å². The molecule has 0 unspecified atom stereocenters. The first-order valence-corrected chi connectivity index (χ1v) is 9.61. The molecule has 0 bridgehead atoms. The number of hydrogen-bond acceptors (Lipinski definition) is 5. The molecule has 0 saturated carbocycles. The Morgan fingerprint density at radius 3 is 2.48 bits per heavy atom. The Hall–Kier alpha value is -3.97. The van der Waals surface area contributed by atoms with Gasteiger partial charge in [-0.1, -0.05) is 41.9 Å². The van der Waals surface area contributed by atoms with Gasteiger partial charge in [0.05, 0.1) is 15.9 Å². The number of non-ortho nitro benzene ring substituents is 1. The topological polar surface area (TPSA) is 102 Å². The quantitative estimate of drug-likeness (QED) is 0.333. The van der Waals surface area contributed by atoms with Crippen molar-refractivity contribution in [1.29, 1.82) is 0 Å². The minimum Gasteiger partial charge on any atom is -0.439 e. The minimum absolute atomic E-state index is 0.0503. The Balaban J connectivity index is 1.89. The highest BCUT2D eigenvalue weighted by Gasteiger charge is 2.20. The van der Waals surface area contributed by atoms with Gasteiger partial charge in [-0.05, 0) is 42.3 Å². The van der Waals surface area contributed by atoms with Gasteiger partial charge in [0.25, 0.3) is 11.6 Å². The highest BCUT2D eigenvalue weighted by molar-refractivity contribution is 6.30. The summed E-state index contributed by atoms with van der Waals surface area (Å²) in [5, 5.41) is 14.5. The summed E-state index contributed by atoms with van der Waals surface area (Å²) in [7, 11) is 0. The number of nitrogens with zero attached hydrogens (tertiary/aromatic N) is 1. The monoisotopic (exact) mass is 434 g/mol. The maximum atomic E-state index is 13.3. The van der Waals surface area contributed by atoms with E-state index in [0.29, 0.717) is 21.6 Å². The van der Waals surface area contributed by atoms with Crippen LogP contribution >= 0.6 is 11.6 Å². The van der Waals surface area contributed by atoms with Crippen molar-refractivity contribution in [2.75, 3.05) is 5.32 Å². The van der Waals surface area contributed by atoms with Crippen LogP contribution in [-0.2, 0) is 0 Å². The van der Waals surface area contributed by atoms with E-state index in [1.54, 1.807) is 49.4 Å². The molecule has 4 aromatic rings. The molecule has 0 radical (unpaired) electrons. The zero-order valence-electron chi connectivity index (χ0n) is 16.2. The lowest BCUT2D eigenvalue weighted by Gasteiger charge is -2.12. The Morgan fingerprint density at radius 1 is 1.06 bits per heavy atom. The first-order chi connectivity index (χ1) is 14.8. The van der Waals surface area contributed by atoms with E-state index in [1.807, 2.05) is 0 Å².